The molecule has 6 nitrogen and oxygen atoms in total. The van der Waals surface area contributed by atoms with Crippen LogP contribution >= 0.6 is 11.6 Å². The van der Waals surface area contributed by atoms with Crippen LogP contribution in [0.3, 0.4) is 0 Å². The second-order valence-corrected chi connectivity index (χ2v) is 7.10. The maximum atomic E-state index is 12.5. The van der Waals surface area contributed by atoms with E-state index in [0.717, 1.165) is 16.9 Å². The predicted octanol–water partition coefficient (Wildman–Crippen LogP) is 3.56. The number of nitrogens with one attached hydrogen (secondary N) is 2. The molecule has 2 rings (SSSR count). The Balaban J connectivity index is 2.03. The number of hydrogen-bond donors (Lipinski definition) is 2. The number of rotatable bonds is 7. The summed E-state index contributed by atoms with van der Waals surface area (Å²) in [6.45, 7) is 5.62. The molecule has 1 atom stereocenters. The van der Waals surface area contributed by atoms with Gasteiger partial charge in [-0.1, -0.05) is 31.5 Å². The van der Waals surface area contributed by atoms with Crippen molar-refractivity contribution in [3.63, 3.8) is 0 Å². The maximum absolute atomic E-state index is 12.5. The summed E-state index contributed by atoms with van der Waals surface area (Å²) >= 11 is 5.92. The number of methoxy groups -OCH3 is 1. The number of amides is 2. The van der Waals surface area contributed by atoms with Crippen LogP contribution in [0.15, 0.2) is 47.6 Å². The topological polar surface area (TPSA) is 79.8 Å². The third kappa shape index (κ3) is 5.82. The molecule has 0 aliphatic rings. The first-order valence-electron chi connectivity index (χ1n) is 8.85. The number of hydrazone groups is 1. The number of aryl methyl sites for hydroxylation is 1. The lowest BCUT2D eigenvalue weighted by atomic mass is 10.0. The third-order valence-electron chi connectivity index (χ3n) is 4.18. The Morgan fingerprint density at radius 2 is 1.93 bits per heavy atom. The van der Waals surface area contributed by atoms with Gasteiger partial charge in [-0.05, 0) is 60.4 Å². The number of ether oxygens (including phenoxy) is 1. The Labute approximate surface area is 169 Å². The lowest BCUT2D eigenvalue weighted by Crippen LogP contribution is -2.48. The third-order valence-corrected chi connectivity index (χ3v) is 4.41. The molecule has 0 saturated heterocycles. The maximum Gasteiger partial charge on any atom is 0.262 e. The zero-order chi connectivity index (χ0) is 20.7. The molecular formula is C21H24ClN3O3. The van der Waals surface area contributed by atoms with Crippen LogP contribution in [0.4, 0.5) is 0 Å². The van der Waals surface area contributed by atoms with Crippen molar-refractivity contribution in [2.75, 3.05) is 7.11 Å². The van der Waals surface area contributed by atoms with Gasteiger partial charge in [-0.25, -0.2) is 5.43 Å². The van der Waals surface area contributed by atoms with Crippen molar-refractivity contribution >= 4 is 29.6 Å². The van der Waals surface area contributed by atoms with Gasteiger partial charge in [-0.15, -0.1) is 0 Å². The van der Waals surface area contributed by atoms with E-state index in [2.05, 4.69) is 15.8 Å². The first kappa shape index (κ1) is 21.4. The fourth-order valence-corrected chi connectivity index (χ4v) is 2.73. The van der Waals surface area contributed by atoms with Gasteiger partial charge in [0.05, 0.1) is 13.3 Å². The Kier molecular flexibility index (Phi) is 7.58. The molecule has 0 aromatic heterocycles. The van der Waals surface area contributed by atoms with E-state index in [4.69, 9.17) is 16.3 Å². The fourth-order valence-electron chi connectivity index (χ4n) is 2.54. The zero-order valence-corrected chi connectivity index (χ0v) is 17.1. The molecule has 0 radical (unpaired) electrons. The van der Waals surface area contributed by atoms with E-state index in [1.807, 2.05) is 39.0 Å². The van der Waals surface area contributed by atoms with Gasteiger partial charge in [0.25, 0.3) is 11.8 Å². The normalized spacial score (nSPS) is 12.1. The van der Waals surface area contributed by atoms with E-state index in [-0.39, 0.29) is 11.8 Å². The van der Waals surface area contributed by atoms with Gasteiger partial charge in [0.2, 0.25) is 0 Å². The highest BCUT2D eigenvalue weighted by Gasteiger charge is 2.24. The Bertz CT molecular complexity index is 881. The Morgan fingerprint density at radius 3 is 2.54 bits per heavy atom. The Morgan fingerprint density at radius 1 is 1.18 bits per heavy atom. The molecule has 0 bridgehead atoms. The summed E-state index contributed by atoms with van der Waals surface area (Å²) in [4.78, 5) is 24.9. The zero-order valence-electron chi connectivity index (χ0n) is 16.3. The molecule has 2 amide bonds. The summed E-state index contributed by atoms with van der Waals surface area (Å²) in [6.07, 6.45) is 1.56. The summed E-state index contributed by atoms with van der Waals surface area (Å²) in [5.74, 6) is -0.137. The molecule has 0 heterocycles. The second-order valence-electron chi connectivity index (χ2n) is 6.66. The highest BCUT2D eigenvalue weighted by Crippen LogP contribution is 2.15. The number of nitrogens with zero attached hydrogens (tertiary/aromatic N) is 1. The van der Waals surface area contributed by atoms with Crippen LogP contribution in [0.25, 0.3) is 0 Å². The van der Waals surface area contributed by atoms with Crippen LogP contribution in [0.5, 0.6) is 5.75 Å². The number of benzene rings is 2. The van der Waals surface area contributed by atoms with Gasteiger partial charge in [-0.3, -0.25) is 9.59 Å². The van der Waals surface area contributed by atoms with E-state index < -0.39 is 11.9 Å². The van der Waals surface area contributed by atoms with E-state index in [1.165, 1.54) is 0 Å². The largest absolute Gasteiger partial charge is 0.497 e. The molecule has 2 aromatic rings. The summed E-state index contributed by atoms with van der Waals surface area (Å²) in [6, 6.07) is 11.4. The van der Waals surface area contributed by atoms with Crippen molar-refractivity contribution in [2.45, 2.75) is 26.8 Å². The van der Waals surface area contributed by atoms with Gasteiger partial charge in [0, 0.05) is 10.6 Å². The standard InChI is InChI=1S/C21H24ClN3O3/c1-13(2)19(24-20(26)15-6-5-7-17(22)11-15)21(27)25-23-12-16-8-9-18(28-4)10-14(16)3/h5-13,19H,1-4H3,(H,24,26)(H,25,27)/b23-12+. The quantitative estimate of drug-likeness (QED) is 0.550. The highest BCUT2D eigenvalue weighted by atomic mass is 35.5. The number of carbonyl (C=O) groups is 2. The SMILES string of the molecule is COc1ccc(/C=N/NC(=O)C(NC(=O)c2cccc(Cl)c2)C(C)C)c(C)c1. The first-order chi connectivity index (χ1) is 13.3. The van der Waals surface area contributed by atoms with Crippen molar-refractivity contribution in [3.05, 3.63) is 64.2 Å². The van der Waals surface area contributed by atoms with Crippen LogP contribution in [-0.2, 0) is 4.79 Å². The molecule has 0 aliphatic heterocycles. The van der Waals surface area contributed by atoms with Crippen LogP contribution in [0.1, 0.15) is 35.3 Å². The molecule has 0 aliphatic carbocycles. The van der Waals surface area contributed by atoms with Gasteiger partial charge in [0.1, 0.15) is 11.8 Å². The predicted molar refractivity (Wildman–Crippen MR) is 111 cm³/mol. The van der Waals surface area contributed by atoms with Crippen LogP contribution in [0, 0.1) is 12.8 Å². The molecule has 28 heavy (non-hydrogen) atoms. The van der Waals surface area contributed by atoms with Gasteiger partial charge in [0.15, 0.2) is 0 Å². The number of carbonyl (C=O) groups excluding carboxylic acids is 2. The molecule has 2 aromatic carbocycles. The van der Waals surface area contributed by atoms with Crippen molar-refractivity contribution in [3.8, 4) is 5.75 Å². The average Bonchev–Trinajstić information content (AvgIpc) is 2.66. The number of hydrogen-bond acceptors (Lipinski definition) is 4. The smallest absolute Gasteiger partial charge is 0.262 e. The second kappa shape index (κ2) is 9.90. The lowest BCUT2D eigenvalue weighted by molar-refractivity contribution is -0.123. The molecule has 148 valence electrons. The van der Waals surface area contributed by atoms with E-state index in [0.29, 0.717) is 10.6 Å². The summed E-state index contributed by atoms with van der Waals surface area (Å²) in [5, 5.41) is 7.21. The van der Waals surface area contributed by atoms with Gasteiger partial charge in [-0.2, -0.15) is 5.10 Å². The lowest BCUT2D eigenvalue weighted by Gasteiger charge is -2.20. The van der Waals surface area contributed by atoms with Crippen molar-refractivity contribution < 1.29 is 14.3 Å². The van der Waals surface area contributed by atoms with E-state index in [1.54, 1.807) is 37.6 Å². The van der Waals surface area contributed by atoms with E-state index in [9.17, 15) is 9.59 Å². The molecular weight excluding hydrogens is 378 g/mol. The summed E-state index contributed by atoms with van der Waals surface area (Å²) < 4.78 is 5.17. The molecule has 2 N–H and O–H groups in total. The van der Waals surface area contributed by atoms with Crippen LogP contribution in [-0.4, -0.2) is 31.2 Å². The number of halogens is 1. The van der Waals surface area contributed by atoms with Crippen molar-refractivity contribution in [1.29, 1.82) is 0 Å². The summed E-state index contributed by atoms with van der Waals surface area (Å²) in [5.41, 5.74) is 4.70. The Hall–Kier alpha value is -2.86. The van der Waals surface area contributed by atoms with Crippen LogP contribution in [0.2, 0.25) is 5.02 Å². The van der Waals surface area contributed by atoms with Crippen molar-refractivity contribution in [1.82, 2.24) is 10.7 Å². The molecule has 0 spiro atoms. The molecule has 0 fully saturated rings. The van der Waals surface area contributed by atoms with Crippen LogP contribution < -0.4 is 15.5 Å². The monoisotopic (exact) mass is 401 g/mol. The first-order valence-corrected chi connectivity index (χ1v) is 9.23. The van der Waals surface area contributed by atoms with Gasteiger partial charge < -0.3 is 10.1 Å². The average molecular weight is 402 g/mol. The fraction of sp³-hybridized carbons (Fsp3) is 0.286. The minimum Gasteiger partial charge on any atom is -0.497 e. The molecule has 7 heteroatoms. The molecule has 1 unspecified atom stereocenters. The minimum atomic E-state index is -0.736. The molecule has 0 saturated carbocycles. The van der Waals surface area contributed by atoms with Crippen molar-refractivity contribution in [2.24, 2.45) is 11.0 Å². The minimum absolute atomic E-state index is 0.124. The van der Waals surface area contributed by atoms with E-state index >= 15 is 0 Å². The summed E-state index contributed by atoms with van der Waals surface area (Å²) in [7, 11) is 1.60. The van der Waals surface area contributed by atoms with Gasteiger partial charge >= 0.3 is 0 Å². The highest BCUT2D eigenvalue weighted by molar-refractivity contribution is 6.31.